The lowest BCUT2D eigenvalue weighted by atomic mass is 10.2. The second-order valence-corrected chi connectivity index (χ2v) is 4.22. The fourth-order valence-electron chi connectivity index (χ4n) is 1.88. The van der Waals surface area contributed by atoms with Crippen molar-refractivity contribution in [3.05, 3.63) is 23.7 Å². The second-order valence-electron chi connectivity index (χ2n) is 4.22. The fourth-order valence-corrected chi connectivity index (χ4v) is 1.88. The van der Waals surface area contributed by atoms with Gasteiger partial charge in [0.25, 0.3) is 0 Å². The van der Waals surface area contributed by atoms with E-state index >= 15 is 0 Å². The Hall–Kier alpha value is -0.800. The lowest BCUT2D eigenvalue weighted by Gasteiger charge is -2.26. The van der Waals surface area contributed by atoms with E-state index in [1.165, 1.54) is 12.0 Å². The molecule has 3 nitrogen and oxygen atoms in total. The van der Waals surface area contributed by atoms with E-state index in [1.807, 2.05) is 7.05 Å². The molecule has 0 aliphatic rings. The summed E-state index contributed by atoms with van der Waals surface area (Å²) in [6.07, 6.45) is 2.96. The maximum absolute atomic E-state index is 5.56. The standard InChI is InChI=1S/C13H24N2O/c1-5-11(3)15(6-2)10-13-12(9-14-4)7-8-16-13/h7-8,11,14H,5-6,9-10H2,1-4H3. The molecule has 3 heteroatoms. The molecule has 16 heavy (non-hydrogen) atoms. The van der Waals surface area contributed by atoms with Crippen molar-refractivity contribution in [1.29, 1.82) is 0 Å². The molecule has 1 heterocycles. The third-order valence-electron chi connectivity index (χ3n) is 3.17. The predicted molar refractivity (Wildman–Crippen MR) is 67.3 cm³/mol. The van der Waals surface area contributed by atoms with Gasteiger partial charge in [-0.3, -0.25) is 4.90 Å². The van der Waals surface area contributed by atoms with Gasteiger partial charge in [0, 0.05) is 18.2 Å². The minimum absolute atomic E-state index is 0.609. The van der Waals surface area contributed by atoms with E-state index in [-0.39, 0.29) is 0 Å². The van der Waals surface area contributed by atoms with Crippen LogP contribution in [0.4, 0.5) is 0 Å². The van der Waals surface area contributed by atoms with Crippen molar-refractivity contribution in [2.45, 2.75) is 46.3 Å². The summed E-state index contributed by atoms with van der Waals surface area (Å²) in [5, 5.41) is 3.17. The SMILES string of the molecule is CCC(C)N(CC)Cc1occc1CNC. The average molecular weight is 224 g/mol. The quantitative estimate of drug-likeness (QED) is 0.771. The predicted octanol–water partition coefficient (Wildman–Crippen LogP) is 2.62. The van der Waals surface area contributed by atoms with Crippen LogP contribution in [0.15, 0.2) is 16.7 Å². The van der Waals surface area contributed by atoms with Crippen LogP contribution in [0, 0.1) is 0 Å². The largest absolute Gasteiger partial charge is 0.468 e. The Morgan fingerprint density at radius 3 is 2.75 bits per heavy atom. The van der Waals surface area contributed by atoms with Crippen LogP contribution in [-0.2, 0) is 13.1 Å². The maximum Gasteiger partial charge on any atom is 0.122 e. The topological polar surface area (TPSA) is 28.4 Å². The second kappa shape index (κ2) is 6.71. The van der Waals surface area contributed by atoms with Crippen molar-refractivity contribution in [3.63, 3.8) is 0 Å². The number of furan rings is 1. The minimum atomic E-state index is 0.609. The van der Waals surface area contributed by atoms with E-state index in [4.69, 9.17) is 4.42 Å². The first-order valence-corrected chi connectivity index (χ1v) is 6.16. The third-order valence-corrected chi connectivity index (χ3v) is 3.17. The average Bonchev–Trinajstić information content (AvgIpc) is 2.73. The lowest BCUT2D eigenvalue weighted by Crippen LogP contribution is -2.32. The molecule has 0 aromatic carbocycles. The molecule has 0 saturated carbocycles. The summed E-state index contributed by atoms with van der Waals surface area (Å²) in [6.45, 7) is 9.55. The molecule has 1 aromatic heterocycles. The lowest BCUT2D eigenvalue weighted by molar-refractivity contribution is 0.189. The highest BCUT2D eigenvalue weighted by Crippen LogP contribution is 2.15. The van der Waals surface area contributed by atoms with Crippen molar-refractivity contribution >= 4 is 0 Å². The van der Waals surface area contributed by atoms with Crippen molar-refractivity contribution in [2.24, 2.45) is 0 Å². The summed E-state index contributed by atoms with van der Waals surface area (Å²) < 4.78 is 5.56. The Balaban J connectivity index is 2.66. The van der Waals surface area contributed by atoms with Crippen LogP contribution >= 0.6 is 0 Å². The number of nitrogens with zero attached hydrogens (tertiary/aromatic N) is 1. The molecule has 1 rings (SSSR count). The van der Waals surface area contributed by atoms with Crippen molar-refractivity contribution in [2.75, 3.05) is 13.6 Å². The van der Waals surface area contributed by atoms with Gasteiger partial charge in [0.05, 0.1) is 12.8 Å². The van der Waals surface area contributed by atoms with Gasteiger partial charge in [-0.1, -0.05) is 13.8 Å². The molecule has 0 radical (unpaired) electrons. The van der Waals surface area contributed by atoms with Crippen LogP contribution in [0.5, 0.6) is 0 Å². The van der Waals surface area contributed by atoms with Gasteiger partial charge in [-0.05, 0) is 33.0 Å². The van der Waals surface area contributed by atoms with Gasteiger partial charge in [-0.25, -0.2) is 0 Å². The molecule has 0 spiro atoms. The van der Waals surface area contributed by atoms with Gasteiger partial charge in [-0.2, -0.15) is 0 Å². The molecule has 0 amide bonds. The summed E-state index contributed by atoms with van der Waals surface area (Å²) in [6, 6.07) is 2.66. The van der Waals surface area contributed by atoms with E-state index in [9.17, 15) is 0 Å². The van der Waals surface area contributed by atoms with Crippen LogP contribution in [0.1, 0.15) is 38.5 Å². The van der Waals surface area contributed by atoms with Crippen LogP contribution < -0.4 is 5.32 Å². The summed E-state index contributed by atoms with van der Waals surface area (Å²) in [7, 11) is 1.96. The molecule has 0 aliphatic heterocycles. The van der Waals surface area contributed by atoms with Crippen LogP contribution in [-0.4, -0.2) is 24.5 Å². The van der Waals surface area contributed by atoms with Crippen LogP contribution in [0.25, 0.3) is 0 Å². The zero-order valence-corrected chi connectivity index (χ0v) is 10.9. The molecule has 0 fully saturated rings. The van der Waals surface area contributed by atoms with E-state index in [0.29, 0.717) is 6.04 Å². The smallest absolute Gasteiger partial charge is 0.122 e. The van der Waals surface area contributed by atoms with Crippen molar-refractivity contribution in [3.8, 4) is 0 Å². The van der Waals surface area contributed by atoms with E-state index in [0.717, 1.165) is 25.4 Å². The van der Waals surface area contributed by atoms with Gasteiger partial charge in [0.15, 0.2) is 0 Å². The Bertz CT molecular complexity index is 296. The summed E-state index contributed by atoms with van der Waals surface area (Å²) in [5.41, 5.74) is 1.27. The highest BCUT2D eigenvalue weighted by Gasteiger charge is 2.14. The highest BCUT2D eigenvalue weighted by molar-refractivity contribution is 5.16. The maximum atomic E-state index is 5.56. The molecule has 1 atom stereocenters. The van der Waals surface area contributed by atoms with Gasteiger partial charge in [0.1, 0.15) is 5.76 Å². The van der Waals surface area contributed by atoms with Gasteiger partial charge in [-0.15, -0.1) is 0 Å². The number of hydrogen-bond acceptors (Lipinski definition) is 3. The normalized spacial score (nSPS) is 13.3. The van der Waals surface area contributed by atoms with Gasteiger partial charge < -0.3 is 9.73 Å². The molecule has 1 aromatic rings. The first-order chi connectivity index (χ1) is 7.72. The Morgan fingerprint density at radius 2 is 2.19 bits per heavy atom. The van der Waals surface area contributed by atoms with E-state index in [2.05, 4.69) is 37.1 Å². The number of nitrogens with one attached hydrogen (secondary N) is 1. The molecule has 0 aliphatic carbocycles. The van der Waals surface area contributed by atoms with E-state index < -0.39 is 0 Å². The minimum Gasteiger partial charge on any atom is -0.468 e. The number of hydrogen-bond donors (Lipinski definition) is 1. The van der Waals surface area contributed by atoms with Gasteiger partial charge in [0.2, 0.25) is 0 Å². The van der Waals surface area contributed by atoms with Crippen LogP contribution in [0.2, 0.25) is 0 Å². The molecular formula is C13H24N2O. The number of rotatable bonds is 7. The fraction of sp³-hybridized carbons (Fsp3) is 0.692. The van der Waals surface area contributed by atoms with Crippen LogP contribution in [0.3, 0.4) is 0 Å². The molecule has 0 saturated heterocycles. The summed E-state index contributed by atoms with van der Waals surface area (Å²) >= 11 is 0. The molecule has 92 valence electrons. The van der Waals surface area contributed by atoms with E-state index in [1.54, 1.807) is 6.26 Å². The van der Waals surface area contributed by atoms with Crippen molar-refractivity contribution in [1.82, 2.24) is 10.2 Å². The molecule has 0 bridgehead atoms. The molecule has 1 unspecified atom stereocenters. The summed E-state index contributed by atoms with van der Waals surface area (Å²) in [5.74, 6) is 1.09. The first kappa shape index (κ1) is 13.3. The van der Waals surface area contributed by atoms with Crippen molar-refractivity contribution < 1.29 is 4.42 Å². The molecule has 1 N–H and O–H groups in total. The monoisotopic (exact) mass is 224 g/mol. The van der Waals surface area contributed by atoms with Gasteiger partial charge >= 0.3 is 0 Å². The zero-order chi connectivity index (χ0) is 12.0. The zero-order valence-electron chi connectivity index (χ0n) is 10.9. The highest BCUT2D eigenvalue weighted by atomic mass is 16.3. The third kappa shape index (κ3) is 3.35. The first-order valence-electron chi connectivity index (χ1n) is 6.16. The Labute approximate surface area is 98.8 Å². The molecular weight excluding hydrogens is 200 g/mol. The summed E-state index contributed by atoms with van der Waals surface area (Å²) in [4.78, 5) is 2.44. The Kier molecular flexibility index (Phi) is 5.56. The Morgan fingerprint density at radius 1 is 1.44 bits per heavy atom.